The lowest BCUT2D eigenvalue weighted by molar-refractivity contribution is -0.116. The number of hydrogen-bond donors (Lipinski definition) is 1. The van der Waals surface area contributed by atoms with Crippen LogP contribution in [-0.4, -0.2) is 42.5 Å². The van der Waals surface area contributed by atoms with Crippen LogP contribution in [0.5, 0.6) is 11.5 Å². The van der Waals surface area contributed by atoms with E-state index in [2.05, 4.69) is 4.99 Å². The number of aliphatic imine (C=N–C) groups is 1. The molecular formula is C17H19NO4S. The number of aliphatic hydroxyl groups excluding tert-OH is 1. The number of nitrogens with zero attached hydrogens (tertiary/aromatic N) is 1. The summed E-state index contributed by atoms with van der Waals surface area (Å²) in [5.41, 5.74) is 1.38. The Labute approximate surface area is 139 Å². The fourth-order valence-electron chi connectivity index (χ4n) is 2.97. The van der Waals surface area contributed by atoms with Gasteiger partial charge in [0.15, 0.2) is 17.3 Å². The van der Waals surface area contributed by atoms with Gasteiger partial charge in [-0.2, -0.15) is 0 Å². The van der Waals surface area contributed by atoms with Gasteiger partial charge in [0.1, 0.15) is 10.8 Å². The van der Waals surface area contributed by atoms with Crippen molar-refractivity contribution in [1.29, 1.82) is 0 Å². The maximum absolute atomic E-state index is 12.5. The van der Waals surface area contributed by atoms with Gasteiger partial charge in [0.2, 0.25) is 0 Å². The Kier molecular flexibility index (Phi) is 4.61. The molecule has 1 aromatic rings. The van der Waals surface area contributed by atoms with Crippen LogP contribution < -0.4 is 9.47 Å². The van der Waals surface area contributed by atoms with Crippen molar-refractivity contribution in [3.8, 4) is 11.5 Å². The van der Waals surface area contributed by atoms with E-state index in [0.29, 0.717) is 41.5 Å². The molecule has 0 saturated carbocycles. The monoisotopic (exact) mass is 333 g/mol. The Balaban J connectivity index is 1.88. The molecule has 1 N–H and O–H groups in total. The summed E-state index contributed by atoms with van der Waals surface area (Å²) in [5.74, 6) is 2.20. The number of thioether (sulfide) groups is 1. The Morgan fingerprint density at radius 1 is 1.22 bits per heavy atom. The number of allylic oxidation sites excluding steroid dienone is 1. The van der Waals surface area contributed by atoms with Crippen molar-refractivity contribution >= 4 is 22.6 Å². The number of hydrogen-bond acceptors (Lipinski definition) is 6. The molecule has 1 aliphatic carbocycles. The average Bonchev–Trinajstić information content (AvgIpc) is 3.07. The second-order valence-corrected chi connectivity index (χ2v) is 6.58. The third-order valence-electron chi connectivity index (χ3n) is 4.12. The van der Waals surface area contributed by atoms with Crippen LogP contribution in [0.1, 0.15) is 24.3 Å². The van der Waals surface area contributed by atoms with Gasteiger partial charge in [-0.3, -0.25) is 9.79 Å². The van der Waals surface area contributed by atoms with E-state index in [0.717, 1.165) is 11.3 Å². The Morgan fingerprint density at radius 3 is 2.61 bits per heavy atom. The summed E-state index contributed by atoms with van der Waals surface area (Å²) < 4.78 is 10.6. The molecule has 1 heterocycles. The highest BCUT2D eigenvalue weighted by molar-refractivity contribution is 8.14. The lowest BCUT2D eigenvalue weighted by Crippen LogP contribution is -2.22. The average molecular weight is 333 g/mol. The van der Waals surface area contributed by atoms with Gasteiger partial charge in [-0.1, -0.05) is 6.07 Å². The van der Waals surface area contributed by atoms with E-state index < -0.39 is 0 Å². The largest absolute Gasteiger partial charge is 0.511 e. The summed E-state index contributed by atoms with van der Waals surface area (Å²) in [5, 5.41) is 11.1. The van der Waals surface area contributed by atoms with Crippen LogP contribution in [0, 0.1) is 0 Å². The summed E-state index contributed by atoms with van der Waals surface area (Å²) in [6.45, 7) is 0.711. The number of carbonyl (C=O) groups excluding carboxylic acids is 1. The number of rotatable bonds is 4. The van der Waals surface area contributed by atoms with E-state index in [1.54, 1.807) is 14.2 Å². The highest BCUT2D eigenvalue weighted by Gasteiger charge is 2.32. The SMILES string of the molecule is COc1ccc(C2CC(=O)C(C3=NCCS3)=C(O)C2)cc1OC. The first kappa shape index (κ1) is 15.9. The lowest BCUT2D eigenvalue weighted by Gasteiger charge is -2.24. The Hall–Kier alpha value is -1.95. The minimum atomic E-state index is -0.0574. The maximum atomic E-state index is 12.5. The van der Waals surface area contributed by atoms with E-state index in [1.165, 1.54) is 11.8 Å². The highest BCUT2D eigenvalue weighted by atomic mass is 32.2. The van der Waals surface area contributed by atoms with Crippen molar-refractivity contribution < 1.29 is 19.4 Å². The lowest BCUT2D eigenvalue weighted by atomic mass is 9.82. The van der Waals surface area contributed by atoms with E-state index in [-0.39, 0.29) is 17.5 Å². The molecule has 3 rings (SSSR count). The molecule has 5 nitrogen and oxygen atoms in total. The van der Waals surface area contributed by atoms with E-state index in [4.69, 9.17) is 9.47 Å². The molecule has 0 fully saturated rings. The zero-order chi connectivity index (χ0) is 16.4. The Bertz CT molecular complexity index is 696. The summed E-state index contributed by atoms with van der Waals surface area (Å²) in [7, 11) is 3.17. The van der Waals surface area contributed by atoms with Gasteiger partial charge in [0.25, 0.3) is 0 Å². The van der Waals surface area contributed by atoms with E-state index in [9.17, 15) is 9.90 Å². The number of methoxy groups -OCH3 is 2. The quantitative estimate of drug-likeness (QED) is 0.917. The summed E-state index contributed by atoms with van der Waals surface area (Å²) in [6, 6.07) is 5.61. The van der Waals surface area contributed by atoms with Crippen molar-refractivity contribution in [2.75, 3.05) is 26.5 Å². The first-order chi connectivity index (χ1) is 11.1. The third kappa shape index (κ3) is 3.08. The van der Waals surface area contributed by atoms with Gasteiger partial charge in [0, 0.05) is 25.1 Å². The van der Waals surface area contributed by atoms with Crippen LogP contribution in [-0.2, 0) is 4.79 Å². The van der Waals surface area contributed by atoms with Crippen molar-refractivity contribution in [2.45, 2.75) is 18.8 Å². The van der Waals surface area contributed by atoms with Crippen LogP contribution in [0.15, 0.2) is 34.5 Å². The molecule has 1 aromatic carbocycles. The highest BCUT2D eigenvalue weighted by Crippen LogP contribution is 2.39. The zero-order valence-corrected chi connectivity index (χ0v) is 14.0. The van der Waals surface area contributed by atoms with Crippen LogP contribution in [0.25, 0.3) is 0 Å². The first-order valence-corrected chi connectivity index (χ1v) is 8.47. The van der Waals surface area contributed by atoms with Crippen LogP contribution >= 0.6 is 11.8 Å². The number of benzene rings is 1. The standard InChI is InChI=1S/C17H19NO4S/c1-21-14-4-3-10(9-15(14)22-2)11-7-12(19)16(13(20)8-11)17-18-5-6-23-17/h3-4,9,11,19H,5-8H2,1-2H3. The molecule has 122 valence electrons. The number of ketones is 1. The third-order valence-corrected chi connectivity index (χ3v) is 5.11. The molecule has 1 atom stereocenters. The number of Topliss-reactive ketones (excluding diaryl/α,β-unsaturated/α-hetero) is 1. The molecule has 6 heteroatoms. The van der Waals surface area contributed by atoms with Gasteiger partial charge in [0.05, 0.1) is 19.8 Å². The second-order valence-electron chi connectivity index (χ2n) is 5.50. The zero-order valence-electron chi connectivity index (χ0n) is 13.2. The first-order valence-electron chi connectivity index (χ1n) is 7.49. The predicted molar refractivity (Wildman–Crippen MR) is 90.9 cm³/mol. The van der Waals surface area contributed by atoms with Gasteiger partial charge < -0.3 is 14.6 Å². The predicted octanol–water partition coefficient (Wildman–Crippen LogP) is 3.11. The van der Waals surface area contributed by atoms with Crippen molar-refractivity contribution in [3.63, 3.8) is 0 Å². The van der Waals surface area contributed by atoms with Crippen molar-refractivity contribution in [3.05, 3.63) is 35.1 Å². The number of aliphatic hydroxyl groups is 1. The van der Waals surface area contributed by atoms with Gasteiger partial charge in [-0.05, 0) is 23.6 Å². The maximum Gasteiger partial charge on any atom is 0.169 e. The molecule has 0 amide bonds. The van der Waals surface area contributed by atoms with Gasteiger partial charge >= 0.3 is 0 Å². The second kappa shape index (κ2) is 6.66. The summed E-state index contributed by atoms with van der Waals surface area (Å²) >= 11 is 1.54. The molecule has 0 spiro atoms. The molecule has 0 bridgehead atoms. The van der Waals surface area contributed by atoms with Gasteiger partial charge in [-0.15, -0.1) is 11.8 Å². The molecule has 1 aliphatic heterocycles. The molecule has 0 radical (unpaired) electrons. The topological polar surface area (TPSA) is 68.1 Å². The minimum absolute atomic E-state index is 0.0401. The van der Waals surface area contributed by atoms with Crippen molar-refractivity contribution in [2.24, 2.45) is 4.99 Å². The molecule has 1 unspecified atom stereocenters. The number of ether oxygens (including phenoxy) is 2. The molecule has 23 heavy (non-hydrogen) atoms. The fraction of sp³-hybridized carbons (Fsp3) is 0.412. The molecule has 2 aliphatic rings. The van der Waals surface area contributed by atoms with Crippen LogP contribution in [0.3, 0.4) is 0 Å². The molecule has 0 saturated heterocycles. The van der Waals surface area contributed by atoms with Crippen LogP contribution in [0.4, 0.5) is 0 Å². The molecule has 0 aromatic heterocycles. The molecular weight excluding hydrogens is 314 g/mol. The normalized spacial score (nSPS) is 21.4. The smallest absolute Gasteiger partial charge is 0.169 e. The van der Waals surface area contributed by atoms with Crippen molar-refractivity contribution in [1.82, 2.24) is 0 Å². The van der Waals surface area contributed by atoms with E-state index >= 15 is 0 Å². The summed E-state index contributed by atoms with van der Waals surface area (Å²) in [6.07, 6.45) is 0.810. The van der Waals surface area contributed by atoms with E-state index in [1.807, 2.05) is 18.2 Å². The number of carbonyl (C=O) groups is 1. The Morgan fingerprint density at radius 2 is 2.00 bits per heavy atom. The van der Waals surface area contributed by atoms with Crippen LogP contribution in [0.2, 0.25) is 0 Å². The minimum Gasteiger partial charge on any atom is -0.511 e. The summed E-state index contributed by atoms with van der Waals surface area (Å²) in [4.78, 5) is 16.8. The fourth-order valence-corrected chi connectivity index (χ4v) is 3.90. The van der Waals surface area contributed by atoms with Gasteiger partial charge in [-0.25, -0.2) is 0 Å².